The summed E-state index contributed by atoms with van der Waals surface area (Å²) in [6.07, 6.45) is 0. The van der Waals surface area contributed by atoms with Gasteiger partial charge < -0.3 is 5.32 Å². The highest BCUT2D eigenvalue weighted by Crippen LogP contribution is 2.23. The van der Waals surface area contributed by atoms with Crippen LogP contribution in [0.25, 0.3) is 0 Å². The normalized spacial score (nSPS) is 16.4. The van der Waals surface area contributed by atoms with Gasteiger partial charge in [0, 0.05) is 30.0 Å². The van der Waals surface area contributed by atoms with Gasteiger partial charge in [0.05, 0.1) is 17.0 Å². The monoisotopic (exact) mass is 357 g/mol. The second-order valence-corrected chi connectivity index (χ2v) is 7.94. The Hall–Kier alpha value is -1.10. The maximum atomic E-state index is 11.6. The van der Waals surface area contributed by atoms with Crippen LogP contribution in [-0.2, 0) is 10.0 Å². The molecule has 1 aliphatic heterocycles. The van der Waals surface area contributed by atoms with E-state index in [4.69, 9.17) is 5.26 Å². The van der Waals surface area contributed by atoms with Gasteiger partial charge in [0.2, 0.25) is 10.0 Å². The lowest BCUT2D eigenvalue weighted by Gasteiger charge is -2.38. The molecule has 1 aromatic carbocycles. The summed E-state index contributed by atoms with van der Waals surface area (Å²) in [4.78, 5) is 0. The Morgan fingerprint density at radius 2 is 2.20 bits per heavy atom. The van der Waals surface area contributed by atoms with Crippen molar-refractivity contribution in [2.45, 2.75) is 6.92 Å². The Balaban J connectivity index is 1.89. The molecule has 7 heteroatoms. The van der Waals surface area contributed by atoms with Crippen molar-refractivity contribution >= 4 is 31.6 Å². The molecule has 0 aliphatic carbocycles. The Morgan fingerprint density at radius 3 is 2.80 bits per heavy atom. The number of hydrogen-bond donors (Lipinski definition) is 1. The van der Waals surface area contributed by atoms with Crippen LogP contribution in [0.15, 0.2) is 22.7 Å². The fraction of sp³-hybridized carbons (Fsp3) is 0.462. The molecule has 2 rings (SSSR count). The number of benzene rings is 1. The number of hydrogen-bond acceptors (Lipinski definition) is 4. The number of halogens is 1. The minimum absolute atomic E-state index is 0.151. The molecular weight excluding hydrogens is 342 g/mol. The van der Waals surface area contributed by atoms with Gasteiger partial charge in [-0.3, -0.25) is 0 Å². The molecule has 0 aromatic heterocycles. The van der Waals surface area contributed by atoms with Gasteiger partial charge in [0.25, 0.3) is 0 Å². The first kappa shape index (κ1) is 15.3. The number of nitrogens with one attached hydrogen (secondary N) is 1. The molecule has 1 saturated heterocycles. The molecule has 5 nitrogen and oxygen atoms in total. The Morgan fingerprint density at radius 1 is 1.50 bits per heavy atom. The predicted molar refractivity (Wildman–Crippen MR) is 81.9 cm³/mol. The van der Waals surface area contributed by atoms with E-state index in [0.717, 1.165) is 10.2 Å². The van der Waals surface area contributed by atoms with Crippen molar-refractivity contribution in [3.63, 3.8) is 0 Å². The topological polar surface area (TPSA) is 73.2 Å². The van der Waals surface area contributed by atoms with Crippen molar-refractivity contribution in [2.75, 3.05) is 30.7 Å². The van der Waals surface area contributed by atoms with Gasteiger partial charge in [-0.2, -0.15) is 5.26 Å². The zero-order valence-corrected chi connectivity index (χ0v) is 13.5. The average molecular weight is 358 g/mol. The van der Waals surface area contributed by atoms with Crippen LogP contribution < -0.4 is 5.32 Å². The Kier molecular flexibility index (Phi) is 4.68. The van der Waals surface area contributed by atoms with Gasteiger partial charge in [-0.1, -0.05) is 15.9 Å². The van der Waals surface area contributed by atoms with Crippen LogP contribution in [0.2, 0.25) is 0 Å². The maximum Gasteiger partial charge on any atom is 0.213 e. The maximum absolute atomic E-state index is 11.6. The third kappa shape index (κ3) is 3.32. The molecule has 0 unspecified atom stereocenters. The standard InChI is InChI=1S/C13H16BrN3O2S/c1-2-20(18,19)17-8-10(9-17)7-16-13-4-3-12(14)5-11(13)6-15/h3-5,10,16H,2,7-9H2,1H3. The first-order valence-electron chi connectivity index (χ1n) is 6.37. The molecule has 0 bridgehead atoms. The highest BCUT2D eigenvalue weighted by atomic mass is 79.9. The average Bonchev–Trinajstić information content (AvgIpc) is 2.38. The second kappa shape index (κ2) is 6.12. The summed E-state index contributed by atoms with van der Waals surface area (Å²) in [5, 5.41) is 12.3. The number of nitriles is 1. The van der Waals surface area contributed by atoms with Crippen molar-refractivity contribution < 1.29 is 8.42 Å². The highest BCUT2D eigenvalue weighted by Gasteiger charge is 2.34. The Bertz CT molecular complexity index is 634. The molecular formula is C13H16BrN3O2S. The highest BCUT2D eigenvalue weighted by molar-refractivity contribution is 9.10. The molecule has 0 radical (unpaired) electrons. The second-order valence-electron chi connectivity index (χ2n) is 4.77. The molecule has 1 aliphatic rings. The summed E-state index contributed by atoms with van der Waals surface area (Å²) in [5.41, 5.74) is 1.37. The van der Waals surface area contributed by atoms with E-state index in [0.29, 0.717) is 31.1 Å². The molecule has 0 atom stereocenters. The Labute approximate surface area is 127 Å². The van der Waals surface area contributed by atoms with Crippen LogP contribution in [0.1, 0.15) is 12.5 Å². The lowest BCUT2D eigenvalue weighted by molar-refractivity contribution is 0.212. The van der Waals surface area contributed by atoms with E-state index < -0.39 is 10.0 Å². The quantitative estimate of drug-likeness (QED) is 0.874. The van der Waals surface area contributed by atoms with E-state index in [2.05, 4.69) is 27.3 Å². The zero-order chi connectivity index (χ0) is 14.8. The van der Waals surface area contributed by atoms with Crippen molar-refractivity contribution in [1.82, 2.24) is 4.31 Å². The van der Waals surface area contributed by atoms with Crippen LogP contribution in [0.5, 0.6) is 0 Å². The van der Waals surface area contributed by atoms with Gasteiger partial charge in [-0.05, 0) is 25.1 Å². The van der Waals surface area contributed by atoms with Crippen LogP contribution in [0.3, 0.4) is 0 Å². The fourth-order valence-corrected chi connectivity index (χ4v) is 3.68. The number of anilines is 1. The lowest BCUT2D eigenvalue weighted by atomic mass is 10.0. The minimum Gasteiger partial charge on any atom is -0.384 e. The van der Waals surface area contributed by atoms with Crippen molar-refractivity contribution in [3.05, 3.63) is 28.2 Å². The van der Waals surface area contributed by atoms with Gasteiger partial charge in [0.1, 0.15) is 6.07 Å². The minimum atomic E-state index is -3.05. The largest absolute Gasteiger partial charge is 0.384 e. The van der Waals surface area contributed by atoms with Gasteiger partial charge in [-0.25, -0.2) is 12.7 Å². The number of sulfonamides is 1. The van der Waals surface area contributed by atoms with Crippen LogP contribution in [-0.4, -0.2) is 38.1 Å². The molecule has 1 aromatic rings. The third-order valence-electron chi connectivity index (χ3n) is 3.37. The van der Waals surface area contributed by atoms with Crippen LogP contribution >= 0.6 is 15.9 Å². The molecule has 0 spiro atoms. The number of nitrogens with zero attached hydrogens (tertiary/aromatic N) is 2. The van der Waals surface area contributed by atoms with Gasteiger partial charge in [-0.15, -0.1) is 0 Å². The van der Waals surface area contributed by atoms with E-state index in [1.165, 1.54) is 4.31 Å². The van der Waals surface area contributed by atoms with Crippen molar-refractivity contribution in [3.8, 4) is 6.07 Å². The van der Waals surface area contributed by atoms with Crippen LogP contribution in [0.4, 0.5) is 5.69 Å². The van der Waals surface area contributed by atoms with E-state index in [-0.39, 0.29) is 5.75 Å². The fourth-order valence-electron chi connectivity index (χ4n) is 2.08. The van der Waals surface area contributed by atoms with Crippen molar-refractivity contribution in [1.29, 1.82) is 5.26 Å². The summed E-state index contributed by atoms with van der Waals surface area (Å²) in [5.74, 6) is 0.449. The molecule has 1 N–H and O–H groups in total. The molecule has 1 heterocycles. The van der Waals surface area contributed by atoms with Crippen molar-refractivity contribution in [2.24, 2.45) is 5.92 Å². The zero-order valence-electron chi connectivity index (χ0n) is 11.1. The number of rotatable bonds is 5. The molecule has 20 heavy (non-hydrogen) atoms. The van der Waals surface area contributed by atoms with Gasteiger partial charge in [0.15, 0.2) is 0 Å². The summed E-state index contributed by atoms with van der Waals surface area (Å²) < 4.78 is 25.6. The summed E-state index contributed by atoms with van der Waals surface area (Å²) in [7, 11) is -3.05. The summed E-state index contributed by atoms with van der Waals surface area (Å²) in [6.45, 7) is 3.44. The van der Waals surface area contributed by atoms with E-state index in [9.17, 15) is 8.42 Å². The molecule has 0 amide bonds. The SMILES string of the molecule is CCS(=O)(=O)N1CC(CNc2ccc(Br)cc2C#N)C1. The third-order valence-corrected chi connectivity index (χ3v) is 5.67. The van der Waals surface area contributed by atoms with E-state index in [1.807, 2.05) is 12.1 Å². The summed E-state index contributed by atoms with van der Waals surface area (Å²) in [6, 6.07) is 7.62. The lowest BCUT2D eigenvalue weighted by Crippen LogP contribution is -2.52. The molecule has 1 fully saturated rings. The smallest absolute Gasteiger partial charge is 0.213 e. The summed E-state index contributed by atoms with van der Waals surface area (Å²) >= 11 is 3.33. The van der Waals surface area contributed by atoms with Crippen LogP contribution in [0, 0.1) is 17.2 Å². The van der Waals surface area contributed by atoms with E-state index >= 15 is 0 Å². The van der Waals surface area contributed by atoms with Gasteiger partial charge >= 0.3 is 0 Å². The first-order valence-corrected chi connectivity index (χ1v) is 8.78. The predicted octanol–water partition coefficient (Wildman–Crippen LogP) is 2.01. The molecule has 108 valence electrons. The van der Waals surface area contributed by atoms with E-state index in [1.54, 1.807) is 13.0 Å². The first-order chi connectivity index (χ1) is 9.46. The molecule has 0 saturated carbocycles.